The minimum absolute atomic E-state index is 0.0750. The van der Waals surface area contributed by atoms with Crippen LogP contribution < -0.4 is 15.8 Å². The fourth-order valence-corrected chi connectivity index (χ4v) is 5.04. The van der Waals surface area contributed by atoms with Gasteiger partial charge in [0.05, 0.1) is 18.4 Å². The lowest BCUT2D eigenvalue weighted by Gasteiger charge is -2.40. The zero-order valence-electron chi connectivity index (χ0n) is 14.0. The minimum Gasteiger partial charge on any atom is -0.493 e. The third kappa shape index (κ3) is 4.01. The number of hydrogen-bond donors (Lipinski definition) is 2. The van der Waals surface area contributed by atoms with Crippen molar-refractivity contribution in [3.8, 4) is 5.75 Å². The maximum atomic E-state index is 11.6. The van der Waals surface area contributed by atoms with Gasteiger partial charge in [0.2, 0.25) is 0 Å². The molecule has 3 rings (SSSR count). The molecular formula is C17H25N3O3S. The second-order valence-electron chi connectivity index (χ2n) is 7.00. The molecule has 7 heteroatoms. The molecule has 1 fully saturated rings. The Morgan fingerprint density at radius 2 is 2.17 bits per heavy atom. The van der Waals surface area contributed by atoms with Crippen LogP contribution in [0.5, 0.6) is 5.75 Å². The lowest BCUT2D eigenvalue weighted by Crippen LogP contribution is -2.42. The molecule has 1 aromatic rings. The number of nitrogens with zero attached hydrogens (tertiary/aromatic N) is 1. The van der Waals surface area contributed by atoms with Gasteiger partial charge in [-0.1, -0.05) is 24.6 Å². The summed E-state index contributed by atoms with van der Waals surface area (Å²) in [7, 11) is -3.00. The van der Waals surface area contributed by atoms with Crippen molar-refractivity contribution in [2.75, 3.05) is 25.2 Å². The second-order valence-corrected chi connectivity index (χ2v) is 9.14. The number of aliphatic imine (C=N–C) groups is 1. The van der Waals surface area contributed by atoms with E-state index in [2.05, 4.69) is 10.3 Å². The van der Waals surface area contributed by atoms with Crippen LogP contribution in [0.3, 0.4) is 0 Å². The fourth-order valence-electron chi connectivity index (χ4n) is 3.55. The van der Waals surface area contributed by atoms with E-state index < -0.39 is 9.84 Å². The van der Waals surface area contributed by atoms with E-state index in [1.807, 2.05) is 24.3 Å². The van der Waals surface area contributed by atoms with Crippen molar-refractivity contribution in [3.63, 3.8) is 0 Å². The van der Waals surface area contributed by atoms with Crippen molar-refractivity contribution >= 4 is 15.8 Å². The number of hydrogen-bond acceptors (Lipinski definition) is 4. The van der Waals surface area contributed by atoms with Gasteiger partial charge in [-0.25, -0.2) is 8.42 Å². The van der Waals surface area contributed by atoms with E-state index in [0.717, 1.165) is 37.0 Å². The van der Waals surface area contributed by atoms with Gasteiger partial charge >= 0.3 is 0 Å². The van der Waals surface area contributed by atoms with E-state index in [0.29, 0.717) is 19.1 Å². The van der Waals surface area contributed by atoms with Crippen LogP contribution in [0, 0.1) is 5.41 Å². The molecule has 1 aromatic carbocycles. The number of nitrogens with two attached hydrogens (primary N) is 1. The van der Waals surface area contributed by atoms with Gasteiger partial charge in [0, 0.05) is 30.2 Å². The van der Waals surface area contributed by atoms with Crippen LogP contribution in [0.2, 0.25) is 0 Å². The predicted octanol–water partition coefficient (Wildman–Crippen LogP) is 1.63. The highest BCUT2D eigenvalue weighted by molar-refractivity contribution is 7.90. The number of ether oxygens (including phenoxy) is 1. The molecule has 0 aromatic heterocycles. The van der Waals surface area contributed by atoms with E-state index in [4.69, 9.17) is 10.5 Å². The summed E-state index contributed by atoms with van der Waals surface area (Å²) in [6, 6.07) is 7.98. The van der Waals surface area contributed by atoms with Crippen molar-refractivity contribution in [1.82, 2.24) is 5.32 Å². The number of guanidine groups is 1. The van der Waals surface area contributed by atoms with Crippen LogP contribution in [0.1, 0.15) is 37.3 Å². The highest BCUT2D eigenvalue weighted by Crippen LogP contribution is 2.42. The number of rotatable bonds is 5. The number of para-hydroxylation sites is 1. The molecule has 132 valence electrons. The number of sulfone groups is 1. The first-order valence-electron chi connectivity index (χ1n) is 8.33. The maximum absolute atomic E-state index is 11.6. The quantitative estimate of drug-likeness (QED) is 0.621. The summed E-state index contributed by atoms with van der Waals surface area (Å²) < 4.78 is 28.9. The van der Waals surface area contributed by atoms with Gasteiger partial charge in [0.15, 0.2) is 5.96 Å². The van der Waals surface area contributed by atoms with Gasteiger partial charge in [-0.3, -0.25) is 4.99 Å². The van der Waals surface area contributed by atoms with E-state index in [1.54, 1.807) is 0 Å². The highest BCUT2D eigenvalue weighted by atomic mass is 32.2. The summed E-state index contributed by atoms with van der Waals surface area (Å²) in [5, 5.41) is 3.26. The van der Waals surface area contributed by atoms with Crippen molar-refractivity contribution in [1.29, 1.82) is 0 Å². The topological polar surface area (TPSA) is 93.8 Å². The van der Waals surface area contributed by atoms with Gasteiger partial charge in [-0.15, -0.1) is 0 Å². The van der Waals surface area contributed by atoms with Crippen molar-refractivity contribution in [2.45, 2.75) is 31.7 Å². The lowest BCUT2D eigenvalue weighted by atomic mass is 9.70. The van der Waals surface area contributed by atoms with E-state index in [9.17, 15) is 8.42 Å². The lowest BCUT2D eigenvalue weighted by molar-refractivity contribution is 0.177. The molecule has 1 unspecified atom stereocenters. The zero-order valence-corrected chi connectivity index (χ0v) is 14.8. The SMILES string of the molecule is CS(=O)(=O)CC1(CN=C(N)NC2CCOc3ccccc32)CCC1. The molecule has 1 aliphatic heterocycles. The Morgan fingerprint density at radius 1 is 1.42 bits per heavy atom. The molecule has 1 atom stereocenters. The molecule has 1 heterocycles. The fraction of sp³-hybridized carbons (Fsp3) is 0.588. The molecule has 0 amide bonds. The van der Waals surface area contributed by atoms with Crippen LogP contribution in [0.4, 0.5) is 0 Å². The Kier molecular flexibility index (Phi) is 4.71. The van der Waals surface area contributed by atoms with Gasteiger partial charge in [-0.2, -0.15) is 0 Å². The standard InChI is InChI=1S/C17H25N3O3S/c1-24(21,22)12-17(8-4-9-17)11-19-16(18)20-14-7-10-23-15-6-3-2-5-13(14)15/h2-3,5-6,14H,4,7-12H2,1H3,(H3,18,19,20). The summed E-state index contributed by atoms with van der Waals surface area (Å²) in [5.41, 5.74) is 6.91. The van der Waals surface area contributed by atoms with E-state index in [1.165, 1.54) is 6.26 Å². The number of fused-ring (bicyclic) bond motifs is 1. The molecule has 24 heavy (non-hydrogen) atoms. The number of nitrogens with one attached hydrogen (secondary N) is 1. The number of benzene rings is 1. The first kappa shape index (κ1) is 17.1. The van der Waals surface area contributed by atoms with Crippen LogP contribution >= 0.6 is 0 Å². The highest BCUT2D eigenvalue weighted by Gasteiger charge is 2.39. The van der Waals surface area contributed by atoms with Gasteiger partial charge in [-0.05, 0) is 18.9 Å². The average molecular weight is 351 g/mol. The predicted molar refractivity (Wildman–Crippen MR) is 94.9 cm³/mol. The Bertz CT molecular complexity index is 726. The summed E-state index contributed by atoms with van der Waals surface area (Å²) in [6.45, 7) is 1.10. The third-order valence-electron chi connectivity index (χ3n) is 4.85. The Labute approximate surface area is 143 Å². The third-order valence-corrected chi connectivity index (χ3v) is 5.98. The molecule has 1 saturated carbocycles. The van der Waals surface area contributed by atoms with Crippen molar-refractivity contribution in [3.05, 3.63) is 29.8 Å². The summed E-state index contributed by atoms with van der Waals surface area (Å²) in [4.78, 5) is 4.45. The maximum Gasteiger partial charge on any atom is 0.189 e. The second kappa shape index (κ2) is 6.63. The Balaban J connectivity index is 1.65. The van der Waals surface area contributed by atoms with Gasteiger partial charge in [0.1, 0.15) is 15.6 Å². The normalized spacial score (nSPS) is 22.9. The molecule has 1 aliphatic carbocycles. The minimum atomic E-state index is -3.00. The summed E-state index contributed by atoms with van der Waals surface area (Å²) >= 11 is 0. The average Bonchev–Trinajstić information content (AvgIpc) is 2.49. The van der Waals surface area contributed by atoms with Crippen molar-refractivity contribution in [2.24, 2.45) is 16.1 Å². The summed E-state index contributed by atoms with van der Waals surface area (Å²) in [5.74, 6) is 1.44. The van der Waals surface area contributed by atoms with Crippen LogP contribution in [-0.4, -0.2) is 39.5 Å². The Hall–Kier alpha value is -1.76. The molecule has 2 aliphatic rings. The van der Waals surface area contributed by atoms with Gasteiger partial charge < -0.3 is 15.8 Å². The van der Waals surface area contributed by atoms with Crippen molar-refractivity contribution < 1.29 is 13.2 Å². The molecule has 3 N–H and O–H groups in total. The van der Waals surface area contributed by atoms with Crippen LogP contribution in [0.25, 0.3) is 0 Å². The molecule has 6 nitrogen and oxygen atoms in total. The molecule has 0 saturated heterocycles. The summed E-state index contributed by atoms with van der Waals surface area (Å²) in [6.07, 6.45) is 4.97. The molecular weight excluding hydrogens is 326 g/mol. The molecule has 0 radical (unpaired) electrons. The van der Waals surface area contributed by atoms with Crippen LogP contribution in [0.15, 0.2) is 29.3 Å². The van der Waals surface area contributed by atoms with Gasteiger partial charge in [0.25, 0.3) is 0 Å². The molecule has 0 bridgehead atoms. The molecule has 0 spiro atoms. The largest absolute Gasteiger partial charge is 0.493 e. The monoisotopic (exact) mass is 351 g/mol. The van der Waals surface area contributed by atoms with E-state index >= 15 is 0 Å². The first-order valence-corrected chi connectivity index (χ1v) is 10.4. The smallest absolute Gasteiger partial charge is 0.189 e. The Morgan fingerprint density at radius 3 is 2.83 bits per heavy atom. The van der Waals surface area contributed by atoms with Crippen LogP contribution in [-0.2, 0) is 9.84 Å². The van der Waals surface area contributed by atoms with E-state index in [-0.39, 0.29) is 17.2 Å². The zero-order chi connectivity index (χ0) is 17.2. The first-order chi connectivity index (χ1) is 11.4.